The van der Waals surface area contributed by atoms with Crippen molar-refractivity contribution in [1.82, 2.24) is 0 Å². The number of fused-ring (bicyclic) bond motifs is 7. The second-order valence-electron chi connectivity index (χ2n) is 20.7. The first kappa shape index (κ1) is 43.6. The van der Waals surface area contributed by atoms with Gasteiger partial charge in [0.2, 0.25) is 0 Å². The van der Waals surface area contributed by atoms with Gasteiger partial charge in [0.15, 0.2) is 24.7 Å². The van der Waals surface area contributed by atoms with Gasteiger partial charge in [0.1, 0.15) is 61.0 Å². The molecule has 5 aliphatic heterocycles. The summed E-state index contributed by atoms with van der Waals surface area (Å²) < 4.78 is 48.9. The Labute approximate surface area is 346 Å². The molecule has 0 aromatic rings. The monoisotopic (exact) mass is 842 g/mol. The van der Waals surface area contributed by atoms with Crippen LogP contribution in [0, 0.1) is 52.3 Å². The molecule has 4 saturated carbocycles. The third kappa shape index (κ3) is 7.38. The molecule has 25 atom stereocenters. The number of hydrogen-bond acceptors (Lipinski definition) is 16. The number of hydrogen-bond donors (Lipinski definition) is 8. The van der Waals surface area contributed by atoms with E-state index in [1.54, 1.807) is 0 Å². The summed E-state index contributed by atoms with van der Waals surface area (Å²) in [5.74, 6) is 3.40. The Bertz CT molecular complexity index is 1470. The molecule has 0 bridgehead atoms. The van der Waals surface area contributed by atoms with E-state index < -0.39 is 85.7 Å². The summed E-state index contributed by atoms with van der Waals surface area (Å²) in [6, 6.07) is 0. The van der Waals surface area contributed by atoms with Crippen molar-refractivity contribution in [2.24, 2.45) is 52.3 Å². The summed E-state index contributed by atoms with van der Waals surface area (Å²) in [4.78, 5) is 0. The van der Waals surface area contributed by atoms with Crippen LogP contribution >= 0.6 is 0 Å². The molecule has 1 spiro atoms. The minimum absolute atomic E-state index is 0.150. The maximum absolute atomic E-state index is 11.5. The zero-order valence-electron chi connectivity index (χ0n) is 34.9. The van der Waals surface area contributed by atoms with Gasteiger partial charge in [0.25, 0.3) is 0 Å². The highest BCUT2D eigenvalue weighted by Gasteiger charge is 2.69. The number of aliphatic hydroxyl groups excluding tert-OH is 8. The van der Waals surface area contributed by atoms with Gasteiger partial charge < -0.3 is 78.7 Å². The molecule has 5 saturated heterocycles. The lowest BCUT2D eigenvalue weighted by Crippen LogP contribution is -2.64. The molecule has 59 heavy (non-hydrogen) atoms. The van der Waals surface area contributed by atoms with Gasteiger partial charge in [-0.3, -0.25) is 0 Å². The molecule has 0 amide bonds. The Morgan fingerprint density at radius 3 is 2.02 bits per heavy atom. The van der Waals surface area contributed by atoms with E-state index >= 15 is 0 Å². The Balaban J connectivity index is 0.855. The van der Waals surface area contributed by atoms with Crippen molar-refractivity contribution in [2.45, 2.75) is 190 Å². The van der Waals surface area contributed by atoms with Crippen LogP contribution in [0.2, 0.25) is 0 Å². The van der Waals surface area contributed by atoms with E-state index in [1.165, 1.54) is 19.3 Å². The predicted octanol–water partition coefficient (Wildman–Crippen LogP) is 0.545. The van der Waals surface area contributed by atoms with Gasteiger partial charge in [0, 0.05) is 12.3 Å². The smallest absolute Gasteiger partial charge is 0.186 e. The molecular formula is C43H70O16. The SMILES string of the molecule is C[C@H]1CC[C@@]2(OC1)O[C@H]1C[C@H]3[C@@H]4CC[C@@H]5C[C@@H](O[C@@H]6O[C@H](CO[C@@H]7OC[C@H](O)[C@H](O)[C@H]7O)[C@@H](O[C@@H]7OC[C@@H](O)[C@H](O)[C@H]7O)[C@H](O)[C@H]6O)CC[C@]5(C)[C@H]4CC[C@]3(C)[C@H]1[C@@H]2C. The third-order valence-electron chi connectivity index (χ3n) is 17.5. The molecular weight excluding hydrogens is 772 g/mol. The first-order valence-corrected chi connectivity index (χ1v) is 22.6. The average Bonchev–Trinajstić information content (AvgIpc) is 3.66. The summed E-state index contributed by atoms with van der Waals surface area (Å²) in [7, 11) is 0. The van der Waals surface area contributed by atoms with Gasteiger partial charge in [-0.25, -0.2) is 0 Å². The van der Waals surface area contributed by atoms with Crippen molar-refractivity contribution in [3.05, 3.63) is 0 Å². The minimum Gasteiger partial charge on any atom is -0.388 e. The van der Waals surface area contributed by atoms with Crippen LogP contribution in [0.4, 0.5) is 0 Å². The largest absolute Gasteiger partial charge is 0.388 e. The van der Waals surface area contributed by atoms with Gasteiger partial charge in [-0.1, -0.05) is 27.7 Å². The Kier molecular flexibility index (Phi) is 12.1. The van der Waals surface area contributed by atoms with Crippen LogP contribution in [0.25, 0.3) is 0 Å². The summed E-state index contributed by atoms with van der Waals surface area (Å²) in [5, 5.41) is 84.4. The molecule has 16 nitrogen and oxygen atoms in total. The molecule has 4 aliphatic carbocycles. The minimum atomic E-state index is -1.68. The van der Waals surface area contributed by atoms with E-state index in [0.717, 1.165) is 51.6 Å². The average molecular weight is 843 g/mol. The zero-order chi connectivity index (χ0) is 41.8. The fourth-order valence-corrected chi connectivity index (χ4v) is 14.0. The normalized spacial score (nSPS) is 58.8. The maximum Gasteiger partial charge on any atom is 0.186 e. The lowest BCUT2D eigenvalue weighted by atomic mass is 9.44. The quantitative estimate of drug-likeness (QED) is 0.164. The van der Waals surface area contributed by atoms with Gasteiger partial charge in [-0.05, 0) is 104 Å². The summed E-state index contributed by atoms with van der Waals surface area (Å²) in [6.45, 7) is 9.48. The number of ether oxygens (including phenoxy) is 8. The van der Waals surface area contributed by atoms with Crippen molar-refractivity contribution in [3.63, 3.8) is 0 Å². The summed E-state index contributed by atoms with van der Waals surface area (Å²) in [6.07, 6.45) is -8.46. The second-order valence-corrected chi connectivity index (χ2v) is 20.7. The van der Waals surface area contributed by atoms with Crippen molar-refractivity contribution < 1.29 is 78.7 Å². The van der Waals surface area contributed by atoms with E-state index in [9.17, 15) is 40.9 Å². The topological polar surface area (TPSA) is 236 Å². The number of rotatable bonds is 7. The third-order valence-corrected chi connectivity index (χ3v) is 17.5. The van der Waals surface area contributed by atoms with Crippen LogP contribution in [0.15, 0.2) is 0 Å². The lowest BCUT2D eigenvalue weighted by molar-refractivity contribution is -0.362. The maximum atomic E-state index is 11.5. The van der Waals surface area contributed by atoms with Gasteiger partial charge in [-0.2, -0.15) is 0 Å². The molecule has 0 unspecified atom stereocenters. The van der Waals surface area contributed by atoms with E-state index in [4.69, 9.17) is 37.9 Å². The Morgan fingerprint density at radius 1 is 0.627 bits per heavy atom. The van der Waals surface area contributed by atoms with Crippen molar-refractivity contribution in [3.8, 4) is 0 Å². The standard InChI is InChI=1S/C43H70O16/c1-19-7-12-43(55-15-19)20(2)30-28(59-43)14-25-23-6-5-21-13-22(8-10-41(21,3)24(23)9-11-42(25,30)4)56-40-36(51)33(48)37(58-39-35(50)32(47)27(45)17-53-39)29(57-40)18-54-38-34(49)31(46)26(44)16-52-38/h19-40,44-51H,5-18H2,1-4H3/t19-,20-,21+,22-,23+,24-,25-,26-,27+,28-,29+,30-,31-,32-,33+,34+,35+,36+,37+,38-,39-,40+,41-,42-,43+/m0/s1. The van der Waals surface area contributed by atoms with Crippen LogP contribution in [0.5, 0.6) is 0 Å². The highest BCUT2D eigenvalue weighted by molar-refractivity contribution is 5.15. The number of aliphatic hydroxyl groups is 8. The molecule has 0 aromatic heterocycles. The lowest BCUT2D eigenvalue weighted by Gasteiger charge is -2.61. The molecule has 5 heterocycles. The molecule has 9 fully saturated rings. The highest BCUT2D eigenvalue weighted by Crippen LogP contribution is 2.71. The molecule has 16 heteroatoms. The highest BCUT2D eigenvalue weighted by atomic mass is 16.8. The van der Waals surface area contributed by atoms with Crippen LogP contribution in [-0.4, -0.2) is 165 Å². The first-order chi connectivity index (χ1) is 28.0. The molecule has 338 valence electrons. The molecule has 0 aromatic carbocycles. The predicted molar refractivity (Wildman–Crippen MR) is 204 cm³/mol. The zero-order valence-corrected chi connectivity index (χ0v) is 34.9. The van der Waals surface area contributed by atoms with Crippen LogP contribution in [-0.2, 0) is 37.9 Å². The molecule has 8 N–H and O–H groups in total. The first-order valence-electron chi connectivity index (χ1n) is 22.6. The second kappa shape index (κ2) is 16.4. The molecule has 9 aliphatic rings. The van der Waals surface area contributed by atoms with Crippen molar-refractivity contribution in [1.29, 1.82) is 0 Å². The van der Waals surface area contributed by atoms with Crippen LogP contribution in [0.1, 0.15) is 91.9 Å². The molecule has 0 radical (unpaired) electrons. The van der Waals surface area contributed by atoms with Crippen LogP contribution in [0.3, 0.4) is 0 Å². The fourth-order valence-electron chi connectivity index (χ4n) is 14.0. The summed E-state index contributed by atoms with van der Waals surface area (Å²) in [5.41, 5.74) is 0.392. The Morgan fingerprint density at radius 2 is 1.31 bits per heavy atom. The van der Waals surface area contributed by atoms with Gasteiger partial charge in [0.05, 0.1) is 38.6 Å². The van der Waals surface area contributed by atoms with E-state index in [1.807, 2.05) is 0 Å². The van der Waals surface area contributed by atoms with Gasteiger partial charge in [-0.15, -0.1) is 0 Å². The fraction of sp³-hybridized carbons (Fsp3) is 1.00. The van der Waals surface area contributed by atoms with Crippen molar-refractivity contribution >= 4 is 0 Å². The van der Waals surface area contributed by atoms with E-state index in [0.29, 0.717) is 41.4 Å². The Hall–Kier alpha value is -0.640. The van der Waals surface area contributed by atoms with Crippen molar-refractivity contribution in [2.75, 3.05) is 26.4 Å². The molecule has 9 rings (SSSR count). The van der Waals surface area contributed by atoms with Crippen LogP contribution < -0.4 is 0 Å². The van der Waals surface area contributed by atoms with E-state index in [-0.39, 0.29) is 42.9 Å². The summed E-state index contributed by atoms with van der Waals surface area (Å²) >= 11 is 0. The van der Waals surface area contributed by atoms with Gasteiger partial charge >= 0.3 is 0 Å². The van der Waals surface area contributed by atoms with E-state index in [2.05, 4.69) is 27.7 Å².